The summed E-state index contributed by atoms with van der Waals surface area (Å²) in [5.74, 6) is 0.485. The fourth-order valence-electron chi connectivity index (χ4n) is 13.6. The Hall–Kier alpha value is -7.68. The van der Waals surface area contributed by atoms with Crippen molar-refractivity contribution >= 4 is 45.3 Å². The summed E-state index contributed by atoms with van der Waals surface area (Å²) in [5.41, 5.74) is 26.3. The summed E-state index contributed by atoms with van der Waals surface area (Å²) in [4.78, 5) is 4.94. The molecule has 0 bridgehead atoms. The van der Waals surface area contributed by atoms with Gasteiger partial charge in [0.15, 0.2) is 0 Å². The van der Waals surface area contributed by atoms with Gasteiger partial charge in [0.1, 0.15) is 0 Å². The first-order chi connectivity index (χ1) is 35.5. The topological polar surface area (TPSA) is 6.48 Å². The van der Waals surface area contributed by atoms with E-state index in [1.807, 2.05) is 0 Å². The third-order valence-electron chi connectivity index (χ3n) is 17.5. The minimum atomic E-state index is -0.221. The third kappa shape index (κ3) is 7.35. The van der Waals surface area contributed by atoms with Gasteiger partial charge in [0.05, 0.1) is 22.7 Å². The van der Waals surface area contributed by atoms with Gasteiger partial charge in [0, 0.05) is 39.5 Å². The molecule has 2 aliphatic heterocycles. The van der Waals surface area contributed by atoms with Gasteiger partial charge in [-0.2, -0.15) is 0 Å². The van der Waals surface area contributed by atoms with Crippen molar-refractivity contribution in [2.24, 2.45) is 0 Å². The van der Waals surface area contributed by atoms with Crippen LogP contribution in [0.4, 0.5) is 34.1 Å². The van der Waals surface area contributed by atoms with Gasteiger partial charge in [-0.1, -0.05) is 211 Å². The average Bonchev–Trinajstić information content (AvgIpc) is 3.52. The molecule has 2 heterocycles. The molecule has 3 aliphatic carbocycles. The number of rotatable bonds is 6. The maximum atomic E-state index is 2.60. The second kappa shape index (κ2) is 17.2. The molecule has 2 unspecified atom stereocenters. The Balaban J connectivity index is 0.972. The summed E-state index contributed by atoms with van der Waals surface area (Å²) in [5, 5.41) is 0. The van der Waals surface area contributed by atoms with E-state index in [1.54, 1.807) is 5.57 Å². The van der Waals surface area contributed by atoms with Crippen LogP contribution in [0.25, 0.3) is 11.1 Å². The molecule has 2 nitrogen and oxygen atoms in total. The summed E-state index contributed by atoms with van der Waals surface area (Å²) in [7, 11) is 0. The summed E-state index contributed by atoms with van der Waals surface area (Å²) < 4.78 is 0. The highest BCUT2D eigenvalue weighted by Crippen LogP contribution is 2.56. The Labute approximate surface area is 433 Å². The quantitative estimate of drug-likeness (QED) is 0.164. The van der Waals surface area contributed by atoms with Crippen LogP contribution in [0.5, 0.6) is 0 Å². The van der Waals surface area contributed by atoms with Crippen LogP contribution in [0.1, 0.15) is 128 Å². The van der Waals surface area contributed by atoms with Crippen molar-refractivity contribution in [3.8, 4) is 0 Å². The first kappa shape index (κ1) is 45.2. The van der Waals surface area contributed by atoms with Gasteiger partial charge in [-0.25, -0.2) is 0 Å². The normalized spacial score (nSPS) is 19.8. The van der Waals surface area contributed by atoms with Crippen LogP contribution in [0.2, 0.25) is 0 Å². The molecule has 8 aromatic carbocycles. The van der Waals surface area contributed by atoms with Crippen LogP contribution in [0, 0.1) is 0 Å². The van der Waals surface area contributed by atoms with E-state index in [1.165, 1.54) is 106 Å². The minimum Gasteiger partial charge on any atom is -0.310 e. The molecule has 5 aliphatic rings. The molecule has 2 heteroatoms. The molecule has 0 radical (unpaired) electrons. The molecule has 0 spiro atoms. The molecule has 0 amide bonds. The van der Waals surface area contributed by atoms with E-state index in [0.29, 0.717) is 5.92 Å². The zero-order valence-electron chi connectivity index (χ0n) is 43.2. The van der Waals surface area contributed by atoms with E-state index in [-0.39, 0.29) is 22.2 Å². The lowest BCUT2D eigenvalue weighted by Crippen LogP contribution is -2.31. The third-order valence-corrected chi connectivity index (χ3v) is 17.5. The number of anilines is 6. The zero-order chi connectivity index (χ0) is 49.6. The van der Waals surface area contributed by atoms with E-state index in [4.69, 9.17) is 0 Å². The molecule has 0 fully saturated rings. The van der Waals surface area contributed by atoms with Crippen LogP contribution in [0.15, 0.2) is 230 Å². The van der Waals surface area contributed by atoms with Crippen LogP contribution in [-0.4, -0.2) is 0 Å². The van der Waals surface area contributed by atoms with Gasteiger partial charge in [-0.05, 0) is 153 Å². The number of benzene rings is 8. The van der Waals surface area contributed by atoms with Crippen molar-refractivity contribution in [2.75, 3.05) is 9.80 Å². The minimum absolute atomic E-state index is 0.113. The van der Waals surface area contributed by atoms with Gasteiger partial charge < -0.3 is 9.80 Å². The molecular formula is C71H64N2. The van der Waals surface area contributed by atoms with Gasteiger partial charge in [-0.15, -0.1) is 0 Å². The molecule has 358 valence electrons. The molecule has 0 saturated heterocycles. The van der Waals surface area contributed by atoms with E-state index in [2.05, 4.69) is 270 Å². The van der Waals surface area contributed by atoms with E-state index in [0.717, 1.165) is 25.7 Å². The van der Waals surface area contributed by atoms with Crippen LogP contribution < -0.4 is 9.80 Å². The summed E-state index contributed by atoms with van der Waals surface area (Å²) in [6.07, 6.45) is 14.1. The highest BCUT2D eigenvalue weighted by atomic mass is 15.2. The van der Waals surface area contributed by atoms with E-state index < -0.39 is 0 Å². The lowest BCUT2D eigenvalue weighted by atomic mass is 9.70. The smallest absolute Gasteiger partial charge is 0.0503 e. The largest absolute Gasteiger partial charge is 0.310 e. The number of para-hydroxylation sites is 4. The van der Waals surface area contributed by atoms with Crippen LogP contribution in [0.3, 0.4) is 0 Å². The number of nitrogens with zero attached hydrogens (tertiary/aromatic N) is 2. The number of hydrogen-bond acceptors (Lipinski definition) is 2. The van der Waals surface area contributed by atoms with Gasteiger partial charge >= 0.3 is 0 Å². The fourth-order valence-corrected chi connectivity index (χ4v) is 13.6. The molecule has 13 rings (SSSR count). The fraction of sp³-hybridized carbons (Fsp3) is 0.211. The maximum absolute atomic E-state index is 2.60. The predicted octanol–water partition coefficient (Wildman–Crippen LogP) is 18.8. The highest BCUT2D eigenvalue weighted by Gasteiger charge is 2.41. The molecule has 8 aromatic rings. The number of fused-ring (bicyclic) bond motifs is 5. The lowest BCUT2D eigenvalue weighted by Gasteiger charge is -2.42. The lowest BCUT2D eigenvalue weighted by molar-refractivity contribution is 0.583. The van der Waals surface area contributed by atoms with E-state index >= 15 is 0 Å². The van der Waals surface area contributed by atoms with Crippen LogP contribution in [-0.2, 0) is 22.7 Å². The summed E-state index contributed by atoms with van der Waals surface area (Å²) >= 11 is 0. The van der Waals surface area contributed by atoms with Crippen molar-refractivity contribution in [3.05, 3.63) is 285 Å². The second-order valence-electron chi connectivity index (χ2n) is 22.8. The molecular weight excluding hydrogens is 881 g/mol. The molecule has 73 heavy (non-hydrogen) atoms. The summed E-state index contributed by atoms with van der Waals surface area (Å²) in [6.45, 7) is 14.6. The molecule has 0 saturated carbocycles. The Bertz CT molecular complexity index is 3600. The predicted molar refractivity (Wildman–Crippen MR) is 308 cm³/mol. The van der Waals surface area contributed by atoms with Crippen molar-refractivity contribution in [3.63, 3.8) is 0 Å². The monoisotopic (exact) mass is 945 g/mol. The van der Waals surface area contributed by atoms with Crippen molar-refractivity contribution in [1.82, 2.24) is 0 Å². The molecule has 0 N–H and O–H groups in total. The Morgan fingerprint density at radius 3 is 1.62 bits per heavy atom. The Kier molecular flexibility index (Phi) is 10.7. The van der Waals surface area contributed by atoms with E-state index in [9.17, 15) is 0 Å². The first-order valence-corrected chi connectivity index (χ1v) is 26.7. The Morgan fingerprint density at radius 1 is 0.438 bits per heavy atom. The van der Waals surface area contributed by atoms with Gasteiger partial charge in [0.2, 0.25) is 0 Å². The first-order valence-electron chi connectivity index (χ1n) is 26.7. The second-order valence-corrected chi connectivity index (χ2v) is 22.8. The van der Waals surface area contributed by atoms with Crippen molar-refractivity contribution in [2.45, 2.75) is 95.3 Å². The average molecular weight is 945 g/mol. The van der Waals surface area contributed by atoms with Gasteiger partial charge in [0.25, 0.3) is 0 Å². The standard InChI is InChI=1S/C71H64N2/c1-69(2)59-29-17-16-28-57(59)58(47-22-10-7-11-23-47)43-51-35-34-48(44-62(51)69)52-40-53(49-36-38-67-63(45-49)70(3,4)60-30-18-20-32-65(60)72(67)55-24-12-8-13-25-55)42-54(41-52)50-37-39-68-64(46-50)71(5,6)61-31-19-21-33-66(61)73(68)56-26-14-9-15-27-56/h7-16,18-28,30-40,42,44-46,54,58H,17,29,41,43H2,1-6H3. The zero-order valence-corrected chi connectivity index (χ0v) is 43.2. The van der Waals surface area contributed by atoms with Gasteiger partial charge in [-0.3, -0.25) is 0 Å². The number of hydrogen-bond donors (Lipinski definition) is 0. The molecule has 2 atom stereocenters. The van der Waals surface area contributed by atoms with Crippen molar-refractivity contribution in [1.29, 1.82) is 0 Å². The van der Waals surface area contributed by atoms with Crippen LogP contribution >= 0.6 is 0 Å². The maximum Gasteiger partial charge on any atom is 0.0503 e. The Morgan fingerprint density at radius 2 is 0.973 bits per heavy atom. The summed E-state index contributed by atoms with van der Waals surface area (Å²) in [6, 6.07) is 73.3. The molecule has 0 aromatic heterocycles. The SMILES string of the molecule is CC1(C)C2=C(C=CCC2)C(c2ccccc2)Cc2ccc(C3=CC(c4ccc5c(c4)C(C)(C)c4ccccc4N5c4ccccc4)=CC(c4ccc5c(c4)C(C)(C)c4ccccc4N5c4ccccc4)C3)cc21. The highest BCUT2D eigenvalue weighted by molar-refractivity contribution is 5.92. The van der Waals surface area contributed by atoms with Crippen molar-refractivity contribution < 1.29 is 0 Å². The number of allylic oxidation sites excluding steroid dienone is 8.